The molecule has 0 saturated carbocycles. The van der Waals surface area contributed by atoms with Gasteiger partial charge in [0.05, 0.1) is 23.9 Å². The zero-order valence-electron chi connectivity index (χ0n) is 19.4. The van der Waals surface area contributed by atoms with Gasteiger partial charge in [0.15, 0.2) is 18.1 Å². The van der Waals surface area contributed by atoms with E-state index in [-0.39, 0.29) is 19.6 Å². The van der Waals surface area contributed by atoms with Gasteiger partial charge in [-0.15, -0.1) is 0 Å². The van der Waals surface area contributed by atoms with E-state index in [1.54, 1.807) is 25.1 Å². The summed E-state index contributed by atoms with van der Waals surface area (Å²) in [5.41, 5.74) is 4.61. The van der Waals surface area contributed by atoms with E-state index in [9.17, 15) is 14.4 Å². The summed E-state index contributed by atoms with van der Waals surface area (Å²) in [5, 5.41) is 6.65. The standard InChI is InChI=1S/C24H28BrN3O6/c1-4-17-9-7-8-10-19(17)27-21(29)13-22(30)28-26-14-16-11-18(25)24(20(12-16)32-5-2)34-15-23(31)33-6-3/h7-12,14H,4-6,13,15H2,1-3H3,(H,27,29)(H,28,30). The van der Waals surface area contributed by atoms with Crippen molar-refractivity contribution in [3.8, 4) is 11.5 Å². The maximum Gasteiger partial charge on any atom is 0.344 e. The van der Waals surface area contributed by atoms with Crippen molar-refractivity contribution in [2.75, 3.05) is 25.1 Å². The number of esters is 1. The molecule has 2 aromatic rings. The van der Waals surface area contributed by atoms with Crippen LogP contribution in [0.3, 0.4) is 0 Å². The van der Waals surface area contributed by atoms with Gasteiger partial charge in [-0.2, -0.15) is 5.10 Å². The first kappa shape index (κ1) is 26.8. The van der Waals surface area contributed by atoms with Gasteiger partial charge in [0.25, 0.3) is 0 Å². The summed E-state index contributed by atoms with van der Waals surface area (Å²) in [6.07, 6.45) is 1.80. The molecular weight excluding hydrogens is 506 g/mol. The van der Waals surface area contributed by atoms with Crippen LogP contribution >= 0.6 is 15.9 Å². The summed E-state index contributed by atoms with van der Waals surface area (Å²) in [6, 6.07) is 10.8. The lowest BCUT2D eigenvalue weighted by molar-refractivity contribution is -0.145. The molecule has 34 heavy (non-hydrogen) atoms. The number of para-hydroxylation sites is 1. The number of rotatable bonds is 12. The van der Waals surface area contributed by atoms with Crippen molar-refractivity contribution in [1.82, 2.24) is 5.43 Å². The van der Waals surface area contributed by atoms with Gasteiger partial charge in [0, 0.05) is 5.69 Å². The van der Waals surface area contributed by atoms with Crippen LogP contribution in [0.25, 0.3) is 0 Å². The normalized spacial score (nSPS) is 10.6. The predicted molar refractivity (Wildman–Crippen MR) is 132 cm³/mol. The first-order valence-electron chi connectivity index (χ1n) is 10.8. The number of aryl methyl sites for hydroxylation is 1. The Bertz CT molecular complexity index is 1040. The molecule has 0 fully saturated rings. The Morgan fingerprint density at radius 3 is 2.50 bits per heavy atom. The fraction of sp³-hybridized carbons (Fsp3) is 0.333. The van der Waals surface area contributed by atoms with Crippen LogP contribution in [-0.2, 0) is 25.5 Å². The number of carbonyl (C=O) groups excluding carboxylic acids is 3. The molecule has 2 aromatic carbocycles. The molecule has 0 bridgehead atoms. The summed E-state index contributed by atoms with van der Waals surface area (Å²) in [6.45, 7) is 5.88. The largest absolute Gasteiger partial charge is 0.490 e. The molecule has 2 amide bonds. The van der Waals surface area contributed by atoms with Gasteiger partial charge >= 0.3 is 5.97 Å². The van der Waals surface area contributed by atoms with Crippen molar-refractivity contribution in [3.63, 3.8) is 0 Å². The highest BCUT2D eigenvalue weighted by atomic mass is 79.9. The summed E-state index contributed by atoms with van der Waals surface area (Å²) >= 11 is 3.39. The first-order chi connectivity index (χ1) is 16.4. The molecule has 2 rings (SSSR count). The van der Waals surface area contributed by atoms with E-state index in [0.717, 1.165) is 12.0 Å². The number of halogens is 1. The SMILES string of the molecule is CCOC(=O)COc1c(Br)cc(C=NNC(=O)CC(=O)Nc2ccccc2CC)cc1OCC. The Hall–Kier alpha value is -3.40. The van der Waals surface area contributed by atoms with Crippen molar-refractivity contribution < 1.29 is 28.6 Å². The fourth-order valence-electron chi connectivity index (χ4n) is 2.91. The number of hydrazone groups is 1. The van der Waals surface area contributed by atoms with Gasteiger partial charge < -0.3 is 19.5 Å². The number of hydrogen-bond acceptors (Lipinski definition) is 7. The molecule has 0 heterocycles. The molecule has 182 valence electrons. The number of carbonyl (C=O) groups is 3. The predicted octanol–water partition coefficient (Wildman–Crippen LogP) is 3.83. The summed E-state index contributed by atoms with van der Waals surface area (Å²) in [5.74, 6) is -0.741. The third-order valence-corrected chi connectivity index (χ3v) is 4.96. The van der Waals surface area contributed by atoms with Gasteiger partial charge in [-0.25, -0.2) is 10.2 Å². The molecule has 0 aliphatic carbocycles. The van der Waals surface area contributed by atoms with E-state index >= 15 is 0 Å². The molecule has 2 N–H and O–H groups in total. The number of hydrogen-bond donors (Lipinski definition) is 2. The smallest absolute Gasteiger partial charge is 0.344 e. The van der Waals surface area contributed by atoms with Crippen molar-refractivity contribution in [2.45, 2.75) is 33.6 Å². The van der Waals surface area contributed by atoms with Gasteiger partial charge in [-0.05, 0) is 65.5 Å². The fourth-order valence-corrected chi connectivity index (χ4v) is 3.48. The second kappa shape index (κ2) is 14.0. The summed E-state index contributed by atoms with van der Waals surface area (Å²) in [7, 11) is 0. The minimum absolute atomic E-state index is 0.260. The molecule has 0 saturated heterocycles. The molecule has 0 spiro atoms. The van der Waals surface area contributed by atoms with Crippen LogP contribution in [0.1, 0.15) is 38.3 Å². The maximum atomic E-state index is 12.2. The molecule has 10 heteroatoms. The average molecular weight is 534 g/mol. The molecule has 0 radical (unpaired) electrons. The highest BCUT2D eigenvalue weighted by Gasteiger charge is 2.15. The Morgan fingerprint density at radius 1 is 1.03 bits per heavy atom. The van der Waals surface area contributed by atoms with E-state index in [4.69, 9.17) is 14.2 Å². The molecule has 0 unspecified atom stereocenters. The Balaban J connectivity index is 1.97. The van der Waals surface area contributed by atoms with Crippen LogP contribution in [0.5, 0.6) is 11.5 Å². The van der Waals surface area contributed by atoms with E-state index in [1.807, 2.05) is 32.0 Å². The molecule has 0 aromatic heterocycles. The second-order valence-electron chi connectivity index (χ2n) is 6.89. The third kappa shape index (κ3) is 8.51. The zero-order chi connectivity index (χ0) is 24.9. The lowest BCUT2D eigenvalue weighted by Crippen LogP contribution is -2.25. The van der Waals surface area contributed by atoms with Gasteiger partial charge in [-0.1, -0.05) is 25.1 Å². The Kier molecular flexibility index (Phi) is 11.0. The van der Waals surface area contributed by atoms with E-state index < -0.39 is 17.8 Å². The number of nitrogens with zero attached hydrogens (tertiary/aromatic N) is 1. The lowest BCUT2D eigenvalue weighted by Gasteiger charge is -2.14. The average Bonchev–Trinajstić information content (AvgIpc) is 2.79. The second-order valence-corrected chi connectivity index (χ2v) is 7.74. The lowest BCUT2D eigenvalue weighted by atomic mass is 10.1. The van der Waals surface area contributed by atoms with Crippen molar-refractivity contribution in [3.05, 3.63) is 52.0 Å². The van der Waals surface area contributed by atoms with Crippen LogP contribution in [-0.4, -0.2) is 43.8 Å². The number of anilines is 1. The number of benzene rings is 2. The maximum absolute atomic E-state index is 12.2. The highest BCUT2D eigenvalue weighted by molar-refractivity contribution is 9.10. The van der Waals surface area contributed by atoms with Crippen molar-refractivity contribution in [2.24, 2.45) is 5.10 Å². The summed E-state index contributed by atoms with van der Waals surface area (Å²) in [4.78, 5) is 35.9. The van der Waals surface area contributed by atoms with Crippen LogP contribution in [0.15, 0.2) is 46.0 Å². The van der Waals surface area contributed by atoms with Gasteiger partial charge in [0.1, 0.15) is 6.42 Å². The van der Waals surface area contributed by atoms with Gasteiger partial charge in [0.2, 0.25) is 11.8 Å². The molecule has 0 aliphatic rings. The quantitative estimate of drug-likeness (QED) is 0.185. The molecule has 0 atom stereocenters. The monoisotopic (exact) mass is 533 g/mol. The number of nitrogens with one attached hydrogen (secondary N) is 2. The topological polar surface area (TPSA) is 115 Å². The van der Waals surface area contributed by atoms with Gasteiger partial charge in [-0.3, -0.25) is 9.59 Å². The van der Waals surface area contributed by atoms with E-state index in [2.05, 4.69) is 31.8 Å². The molecular formula is C24H28BrN3O6. The summed E-state index contributed by atoms with van der Waals surface area (Å²) < 4.78 is 16.5. The first-order valence-corrected chi connectivity index (χ1v) is 11.6. The third-order valence-electron chi connectivity index (χ3n) is 4.37. The minimum Gasteiger partial charge on any atom is -0.490 e. The van der Waals surface area contributed by atoms with Crippen LogP contribution in [0.4, 0.5) is 5.69 Å². The number of ether oxygens (including phenoxy) is 3. The van der Waals surface area contributed by atoms with Crippen LogP contribution in [0.2, 0.25) is 0 Å². The minimum atomic E-state index is -0.554. The van der Waals surface area contributed by atoms with Crippen molar-refractivity contribution >= 4 is 45.6 Å². The van der Waals surface area contributed by atoms with E-state index in [0.29, 0.717) is 33.8 Å². The molecule has 0 aliphatic heterocycles. The Morgan fingerprint density at radius 2 is 1.79 bits per heavy atom. The zero-order valence-corrected chi connectivity index (χ0v) is 20.9. The van der Waals surface area contributed by atoms with Crippen LogP contribution in [0, 0.1) is 0 Å². The number of amides is 2. The van der Waals surface area contributed by atoms with Crippen molar-refractivity contribution in [1.29, 1.82) is 0 Å². The molecule has 9 nitrogen and oxygen atoms in total. The Labute approximate surface area is 207 Å². The van der Waals surface area contributed by atoms with Crippen LogP contribution < -0.4 is 20.2 Å². The highest BCUT2D eigenvalue weighted by Crippen LogP contribution is 2.36. The van der Waals surface area contributed by atoms with E-state index in [1.165, 1.54) is 6.21 Å².